The van der Waals surface area contributed by atoms with Crippen LogP contribution in [0.2, 0.25) is 0 Å². The van der Waals surface area contributed by atoms with Crippen LogP contribution in [0.25, 0.3) is 10.1 Å². The van der Waals surface area contributed by atoms with E-state index in [1.807, 2.05) is 48.5 Å². The van der Waals surface area contributed by atoms with Gasteiger partial charge in [-0.25, -0.2) is 0 Å². The number of carbonyl (C=O) groups excluding carboxylic acids is 2. The molecule has 2 amide bonds. The number of nitrogens with two attached hydrogens (primary N) is 1. The first-order chi connectivity index (χ1) is 15.5. The summed E-state index contributed by atoms with van der Waals surface area (Å²) in [6, 6.07) is 22.6. The third kappa shape index (κ3) is 5.00. The van der Waals surface area contributed by atoms with E-state index in [0.29, 0.717) is 22.7 Å². The molecule has 0 bridgehead atoms. The molecule has 3 aromatic carbocycles. The Morgan fingerprint density at radius 1 is 0.969 bits per heavy atom. The monoisotopic (exact) mass is 508 g/mol. The number of primary amides is 1. The lowest BCUT2D eigenvalue weighted by Gasteiger charge is -2.10. The van der Waals surface area contributed by atoms with Crippen molar-refractivity contribution in [1.29, 1.82) is 0 Å². The van der Waals surface area contributed by atoms with E-state index >= 15 is 0 Å². The molecule has 4 aromatic rings. The molecule has 4 rings (SSSR count). The van der Waals surface area contributed by atoms with Gasteiger partial charge in [0.15, 0.2) is 0 Å². The highest BCUT2D eigenvalue weighted by Gasteiger charge is 2.20. The largest absolute Gasteiger partial charge is 0.489 e. The van der Waals surface area contributed by atoms with Crippen LogP contribution < -0.4 is 15.8 Å². The first kappa shape index (κ1) is 22.0. The molecule has 0 saturated heterocycles. The molecule has 0 radical (unpaired) electrons. The third-order valence-corrected chi connectivity index (χ3v) is 6.89. The number of thiophene rings is 1. The quantitative estimate of drug-likeness (QED) is 0.338. The first-order valence-corrected chi connectivity index (χ1v) is 11.7. The molecule has 0 unspecified atom stereocenters. The van der Waals surface area contributed by atoms with E-state index < -0.39 is 5.91 Å². The van der Waals surface area contributed by atoms with E-state index in [2.05, 4.69) is 21.2 Å². The Balaban J connectivity index is 1.54. The summed E-state index contributed by atoms with van der Waals surface area (Å²) in [6.45, 7) is 0.771. The second-order valence-electron chi connectivity index (χ2n) is 7.19. The summed E-state index contributed by atoms with van der Waals surface area (Å²) in [5.74, 6) is -0.00711. The van der Waals surface area contributed by atoms with Crippen LogP contribution in [0.3, 0.4) is 0 Å². The van der Waals surface area contributed by atoms with Gasteiger partial charge in [0.05, 0.1) is 4.88 Å². The second-order valence-corrected chi connectivity index (χ2v) is 9.10. The Labute approximate surface area is 198 Å². The molecule has 0 aliphatic heterocycles. The lowest BCUT2D eigenvalue weighted by molar-refractivity contribution is 0.0954. The van der Waals surface area contributed by atoms with Crippen LogP contribution in [0.5, 0.6) is 5.75 Å². The SMILES string of the molecule is NC(=O)c1ccc(OCc2c(C(=O)NCCc3ccccc3)sc3cccc(Br)c23)cc1. The highest BCUT2D eigenvalue weighted by molar-refractivity contribution is 9.10. The van der Waals surface area contributed by atoms with Crippen molar-refractivity contribution in [3.63, 3.8) is 0 Å². The maximum atomic E-state index is 13.0. The van der Waals surface area contributed by atoms with Gasteiger partial charge in [-0.05, 0) is 48.4 Å². The molecule has 1 aromatic heterocycles. The zero-order valence-electron chi connectivity index (χ0n) is 17.1. The minimum atomic E-state index is -0.487. The van der Waals surface area contributed by atoms with Crippen LogP contribution in [0, 0.1) is 0 Å². The molecule has 3 N–H and O–H groups in total. The van der Waals surface area contributed by atoms with Gasteiger partial charge in [0.2, 0.25) is 5.91 Å². The number of nitrogens with one attached hydrogen (secondary N) is 1. The molecule has 1 heterocycles. The smallest absolute Gasteiger partial charge is 0.261 e. The topological polar surface area (TPSA) is 81.4 Å². The van der Waals surface area contributed by atoms with Crippen LogP contribution in [0.4, 0.5) is 0 Å². The van der Waals surface area contributed by atoms with Crippen molar-refractivity contribution in [2.45, 2.75) is 13.0 Å². The molecule has 0 spiro atoms. The summed E-state index contributed by atoms with van der Waals surface area (Å²) in [6.07, 6.45) is 0.763. The predicted octanol–water partition coefficient (Wildman–Crippen LogP) is 5.31. The van der Waals surface area contributed by atoms with E-state index in [1.54, 1.807) is 24.3 Å². The van der Waals surface area contributed by atoms with E-state index in [4.69, 9.17) is 10.5 Å². The minimum Gasteiger partial charge on any atom is -0.489 e. The molecule has 32 heavy (non-hydrogen) atoms. The van der Waals surface area contributed by atoms with E-state index in [1.165, 1.54) is 16.9 Å². The van der Waals surface area contributed by atoms with Gasteiger partial charge in [-0.2, -0.15) is 0 Å². The summed E-state index contributed by atoms with van der Waals surface area (Å²) in [5, 5.41) is 4.01. The van der Waals surface area contributed by atoms with Gasteiger partial charge in [-0.15, -0.1) is 11.3 Å². The number of hydrogen-bond donors (Lipinski definition) is 2. The number of fused-ring (bicyclic) bond motifs is 1. The number of ether oxygens (including phenoxy) is 1. The Kier molecular flexibility index (Phi) is 6.87. The van der Waals surface area contributed by atoms with Crippen LogP contribution in [0.15, 0.2) is 77.3 Å². The summed E-state index contributed by atoms with van der Waals surface area (Å²) in [5.41, 5.74) is 7.72. The lowest BCUT2D eigenvalue weighted by Crippen LogP contribution is -2.26. The average Bonchev–Trinajstić information content (AvgIpc) is 3.18. The molecular formula is C25H21BrN2O3S. The summed E-state index contributed by atoms with van der Waals surface area (Å²) >= 11 is 5.06. The maximum Gasteiger partial charge on any atom is 0.261 e. The van der Waals surface area contributed by atoms with Crippen molar-refractivity contribution in [3.05, 3.63) is 98.8 Å². The highest BCUT2D eigenvalue weighted by atomic mass is 79.9. The summed E-state index contributed by atoms with van der Waals surface area (Å²) in [7, 11) is 0. The number of rotatable bonds is 8. The molecule has 0 atom stereocenters. The first-order valence-electron chi connectivity index (χ1n) is 10.1. The molecule has 7 heteroatoms. The average molecular weight is 509 g/mol. The van der Waals surface area contributed by atoms with Crippen molar-refractivity contribution in [1.82, 2.24) is 5.32 Å². The Hall–Kier alpha value is -3.16. The molecule has 5 nitrogen and oxygen atoms in total. The van der Waals surface area contributed by atoms with Gasteiger partial charge in [0, 0.05) is 32.2 Å². The zero-order chi connectivity index (χ0) is 22.5. The van der Waals surface area contributed by atoms with Crippen molar-refractivity contribution >= 4 is 49.2 Å². The molecule has 0 saturated carbocycles. The Bertz CT molecular complexity index is 1250. The summed E-state index contributed by atoms with van der Waals surface area (Å²) < 4.78 is 7.89. The molecule has 0 aliphatic rings. The minimum absolute atomic E-state index is 0.114. The Morgan fingerprint density at radius 3 is 2.44 bits per heavy atom. The highest BCUT2D eigenvalue weighted by Crippen LogP contribution is 2.37. The van der Waals surface area contributed by atoms with E-state index in [9.17, 15) is 9.59 Å². The standard InChI is InChI=1S/C25H21BrN2O3S/c26-20-7-4-8-21-22(20)19(15-31-18-11-9-17(10-12-18)24(27)29)23(32-21)25(30)28-14-13-16-5-2-1-3-6-16/h1-12H,13-15H2,(H2,27,29)(H,28,30). The molecule has 0 aliphatic carbocycles. The van der Waals surface area contributed by atoms with Crippen LogP contribution in [-0.4, -0.2) is 18.4 Å². The fourth-order valence-corrected chi connectivity index (χ4v) is 5.29. The van der Waals surface area contributed by atoms with Crippen molar-refractivity contribution in [2.75, 3.05) is 6.54 Å². The zero-order valence-corrected chi connectivity index (χ0v) is 19.5. The number of amides is 2. The fourth-order valence-electron chi connectivity index (χ4n) is 3.40. The number of halogens is 1. The predicted molar refractivity (Wildman–Crippen MR) is 131 cm³/mol. The normalized spacial score (nSPS) is 10.8. The number of hydrogen-bond acceptors (Lipinski definition) is 4. The second kappa shape index (κ2) is 9.97. The lowest BCUT2D eigenvalue weighted by atomic mass is 10.1. The van der Waals surface area contributed by atoms with Crippen LogP contribution in [-0.2, 0) is 13.0 Å². The fraction of sp³-hybridized carbons (Fsp3) is 0.120. The van der Waals surface area contributed by atoms with Gasteiger partial charge in [-0.1, -0.05) is 52.3 Å². The van der Waals surface area contributed by atoms with Crippen molar-refractivity contribution in [2.24, 2.45) is 5.73 Å². The van der Waals surface area contributed by atoms with E-state index in [-0.39, 0.29) is 12.5 Å². The Morgan fingerprint density at radius 2 is 1.72 bits per heavy atom. The van der Waals surface area contributed by atoms with Gasteiger partial charge in [0.25, 0.3) is 5.91 Å². The van der Waals surface area contributed by atoms with Crippen LogP contribution >= 0.6 is 27.3 Å². The maximum absolute atomic E-state index is 13.0. The van der Waals surface area contributed by atoms with Gasteiger partial charge in [0.1, 0.15) is 12.4 Å². The van der Waals surface area contributed by atoms with Gasteiger partial charge < -0.3 is 15.8 Å². The third-order valence-electron chi connectivity index (χ3n) is 5.03. The van der Waals surface area contributed by atoms with E-state index in [0.717, 1.165) is 26.5 Å². The number of carbonyl (C=O) groups is 2. The van der Waals surface area contributed by atoms with Crippen molar-refractivity contribution in [3.8, 4) is 5.75 Å². The summed E-state index contributed by atoms with van der Waals surface area (Å²) in [4.78, 5) is 24.9. The van der Waals surface area contributed by atoms with Gasteiger partial charge in [-0.3, -0.25) is 9.59 Å². The van der Waals surface area contributed by atoms with Crippen molar-refractivity contribution < 1.29 is 14.3 Å². The number of benzene rings is 3. The molecule has 162 valence electrons. The van der Waals surface area contributed by atoms with Gasteiger partial charge >= 0.3 is 0 Å². The van der Waals surface area contributed by atoms with Crippen LogP contribution in [0.1, 0.15) is 31.2 Å². The molecular weight excluding hydrogens is 488 g/mol. The molecule has 0 fully saturated rings.